The molecule has 0 saturated heterocycles. The largest absolute Gasteiger partial charge is 0.0625 e. The second kappa shape index (κ2) is 15.8. The van der Waals surface area contributed by atoms with Crippen LogP contribution in [0, 0.1) is 237 Å². The van der Waals surface area contributed by atoms with Gasteiger partial charge in [0.1, 0.15) is 0 Å². The molecule has 0 heterocycles. The van der Waals surface area contributed by atoms with Crippen molar-refractivity contribution in [2.45, 2.75) is 164 Å². The molecule has 0 spiro atoms. The summed E-state index contributed by atoms with van der Waals surface area (Å²) >= 11 is 0. The van der Waals surface area contributed by atoms with Crippen LogP contribution in [0.5, 0.6) is 0 Å². The zero-order valence-corrected chi connectivity index (χ0v) is 45.9. The van der Waals surface area contributed by atoms with Gasteiger partial charge in [-0.05, 0) is 262 Å². The third kappa shape index (κ3) is 5.77. The fourth-order valence-corrected chi connectivity index (χ4v) is 25.7. The van der Waals surface area contributed by atoms with Crippen molar-refractivity contribution in [2.75, 3.05) is 0 Å². The van der Waals surface area contributed by atoms with Crippen molar-refractivity contribution in [3.05, 3.63) is 0 Å². The van der Waals surface area contributed by atoms with E-state index in [9.17, 15) is 0 Å². The average Bonchev–Trinajstić information content (AvgIpc) is 3.26. The lowest BCUT2D eigenvalue weighted by atomic mass is 9.28. The Kier molecular flexibility index (Phi) is 11.4. The van der Waals surface area contributed by atoms with Gasteiger partial charge in [-0.15, -0.1) is 0 Å². The lowest BCUT2D eigenvalue weighted by molar-refractivity contribution is -0.298. The maximum Gasteiger partial charge on any atom is -0.0312 e. The van der Waals surface area contributed by atoms with Gasteiger partial charge in [0.25, 0.3) is 0 Å². The minimum Gasteiger partial charge on any atom is -0.0625 e. The Morgan fingerprint density at radius 2 is 0.281 bits per heavy atom. The van der Waals surface area contributed by atoms with Crippen molar-refractivity contribution in [3.8, 4) is 0 Å². The summed E-state index contributed by atoms with van der Waals surface area (Å²) in [5.74, 6) is 39.0. The molecule has 0 aromatic rings. The highest BCUT2D eigenvalue weighted by Gasteiger charge is 2.74. The van der Waals surface area contributed by atoms with Gasteiger partial charge in [0.05, 0.1) is 0 Å². The molecule has 0 aromatic carbocycles. The van der Waals surface area contributed by atoms with Crippen molar-refractivity contribution < 1.29 is 0 Å². The third-order valence-electron chi connectivity index (χ3n) is 29.8. The van der Waals surface area contributed by atoms with Crippen LogP contribution in [0.25, 0.3) is 0 Å². The van der Waals surface area contributed by atoms with Crippen molar-refractivity contribution >= 4 is 0 Å². The van der Waals surface area contributed by atoms with Crippen LogP contribution >= 0.6 is 0 Å². The van der Waals surface area contributed by atoms with E-state index in [1.807, 2.05) is 0 Å². The van der Waals surface area contributed by atoms with Gasteiger partial charge in [0.2, 0.25) is 0 Å². The second-order valence-electron chi connectivity index (χ2n) is 30.5. The van der Waals surface area contributed by atoms with Crippen LogP contribution in [0.15, 0.2) is 0 Å². The molecule has 11 aliphatic carbocycles. The Balaban J connectivity index is 0.822. The average molecular weight is 878 g/mol. The highest BCUT2D eigenvalue weighted by atomic mass is 14.8. The summed E-state index contributed by atoms with van der Waals surface area (Å²) in [4.78, 5) is 0. The SMILES string of the molecule is CC1CC(C2C(C3C(C)C(C)C3C)C(C3CC(C)C3)C2C2C(C)C(C3C(C)C(C4C(C)C(C5C(C6C(C)C(C)C6C)C(C6C(C)C(C)C6C)C5C5C(C)C(C)C5C)C4C)C3C)C2C)C1. The zero-order chi connectivity index (χ0) is 45.9. The Morgan fingerprint density at radius 1 is 0.141 bits per heavy atom. The molecule has 11 saturated carbocycles. The van der Waals surface area contributed by atoms with Crippen LogP contribution in [-0.2, 0) is 0 Å². The van der Waals surface area contributed by atoms with Crippen LogP contribution in [0.3, 0.4) is 0 Å². The highest BCUT2D eigenvalue weighted by molar-refractivity contribution is 5.21. The van der Waals surface area contributed by atoms with Gasteiger partial charge in [-0.1, -0.05) is 138 Å². The Hall–Kier alpha value is 0. The first kappa shape index (κ1) is 46.4. The lowest BCUT2D eigenvalue weighted by Gasteiger charge is -2.77. The molecule has 18 atom stereocenters. The molecule has 18 unspecified atom stereocenters. The lowest BCUT2D eigenvalue weighted by Crippen LogP contribution is -2.73. The summed E-state index contributed by atoms with van der Waals surface area (Å²) in [6.07, 6.45) is 6.24. The van der Waals surface area contributed by atoms with Crippen LogP contribution in [0.2, 0.25) is 0 Å². The van der Waals surface area contributed by atoms with Crippen molar-refractivity contribution in [3.63, 3.8) is 0 Å². The van der Waals surface area contributed by atoms with Crippen LogP contribution in [-0.4, -0.2) is 0 Å². The Bertz CT molecular complexity index is 1580. The minimum atomic E-state index is 0.917. The van der Waals surface area contributed by atoms with E-state index in [1.165, 1.54) is 0 Å². The quantitative estimate of drug-likeness (QED) is 0.205. The minimum absolute atomic E-state index is 0.917. The second-order valence-corrected chi connectivity index (χ2v) is 30.5. The van der Waals surface area contributed by atoms with Crippen LogP contribution in [0.1, 0.15) is 164 Å². The molecular weight excluding hydrogens is 769 g/mol. The first-order valence-electron chi connectivity index (χ1n) is 30.1. The summed E-state index contributed by atoms with van der Waals surface area (Å²) in [5.41, 5.74) is 0. The van der Waals surface area contributed by atoms with Gasteiger partial charge in [-0.2, -0.15) is 0 Å². The van der Waals surface area contributed by atoms with E-state index in [2.05, 4.69) is 138 Å². The van der Waals surface area contributed by atoms with Gasteiger partial charge >= 0.3 is 0 Å². The number of hydrogen-bond donors (Lipinski definition) is 0. The predicted octanol–water partition coefficient (Wildman–Crippen LogP) is 16.7. The third-order valence-corrected chi connectivity index (χ3v) is 29.8. The Morgan fingerprint density at radius 3 is 0.453 bits per heavy atom. The molecule has 0 N–H and O–H groups in total. The summed E-state index contributed by atoms with van der Waals surface area (Å²) in [5, 5.41) is 0. The fraction of sp³-hybridized carbons (Fsp3) is 1.00. The molecule has 11 fully saturated rings. The molecule has 0 radical (unpaired) electrons. The van der Waals surface area contributed by atoms with E-state index >= 15 is 0 Å². The molecule has 364 valence electrons. The predicted molar refractivity (Wildman–Crippen MR) is 272 cm³/mol. The smallest absolute Gasteiger partial charge is 0.0312 e. The first-order valence-corrected chi connectivity index (χ1v) is 30.1. The van der Waals surface area contributed by atoms with Gasteiger partial charge in [0.15, 0.2) is 0 Å². The van der Waals surface area contributed by atoms with E-state index in [-0.39, 0.29) is 0 Å². The molecule has 0 nitrogen and oxygen atoms in total. The molecule has 0 heteroatoms. The molecule has 64 heavy (non-hydrogen) atoms. The van der Waals surface area contributed by atoms with E-state index in [0.29, 0.717) is 0 Å². The molecule has 0 aromatic heterocycles. The first-order chi connectivity index (χ1) is 30.1. The molecule has 0 amide bonds. The number of hydrogen-bond acceptors (Lipinski definition) is 0. The van der Waals surface area contributed by atoms with E-state index < -0.39 is 0 Å². The van der Waals surface area contributed by atoms with Gasteiger partial charge in [0, 0.05) is 0 Å². The zero-order valence-electron chi connectivity index (χ0n) is 45.9. The standard InChI is InChI=1S/C64H108/c1-25-21-45(22-25)57-59(47-31(7)27(3)32(47)8)58(46-23-26(2)24-46)60(57)55-41(17)53(42(55)18)51-39(15)52(40(51)16)54-43(19)56(44(54)20)64-62(49-35(11)29(5)36(49)12)61(48-33(9)28(4)34(48)10)63(64)50-37(13)30(6)38(50)14/h25-64H,21-24H2,1-20H3. The Labute approximate surface area is 399 Å². The molecule has 11 rings (SSSR count). The maximum absolute atomic E-state index is 2.85. The van der Waals surface area contributed by atoms with Crippen molar-refractivity contribution in [1.82, 2.24) is 0 Å². The van der Waals surface area contributed by atoms with Crippen LogP contribution < -0.4 is 0 Å². The normalized spacial score (nSPS) is 69.9. The molecule has 0 bridgehead atoms. The summed E-state index contributed by atoms with van der Waals surface area (Å²) in [7, 11) is 0. The molecular formula is C64H108. The van der Waals surface area contributed by atoms with Gasteiger partial charge in [-0.3, -0.25) is 0 Å². The van der Waals surface area contributed by atoms with Crippen molar-refractivity contribution in [1.29, 1.82) is 0 Å². The molecule has 0 aliphatic heterocycles. The van der Waals surface area contributed by atoms with Gasteiger partial charge in [-0.25, -0.2) is 0 Å². The number of rotatable bonds is 10. The van der Waals surface area contributed by atoms with Crippen LogP contribution in [0.4, 0.5) is 0 Å². The van der Waals surface area contributed by atoms with E-state index in [4.69, 9.17) is 0 Å². The monoisotopic (exact) mass is 877 g/mol. The van der Waals surface area contributed by atoms with Crippen molar-refractivity contribution in [2.24, 2.45) is 237 Å². The maximum atomic E-state index is 2.85. The van der Waals surface area contributed by atoms with E-state index in [1.54, 1.807) is 25.7 Å². The molecule has 11 aliphatic rings. The van der Waals surface area contributed by atoms with E-state index in [0.717, 1.165) is 237 Å². The fourth-order valence-electron chi connectivity index (χ4n) is 25.7. The summed E-state index contributed by atoms with van der Waals surface area (Å²) in [6.45, 7) is 54.1. The highest BCUT2D eigenvalue weighted by Crippen LogP contribution is 2.79. The van der Waals surface area contributed by atoms with Gasteiger partial charge < -0.3 is 0 Å². The summed E-state index contributed by atoms with van der Waals surface area (Å²) < 4.78 is 0. The summed E-state index contributed by atoms with van der Waals surface area (Å²) in [6, 6.07) is 0. The topological polar surface area (TPSA) is 0 Å².